The molecular formula is C28H28FN5O. The van der Waals surface area contributed by atoms with Crippen LogP contribution in [0.2, 0.25) is 0 Å². The molecule has 1 unspecified atom stereocenters. The number of anilines is 1. The van der Waals surface area contributed by atoms with Gasteiger partial charge in [-0.15, -0.1) is 0 Å². The van der Waals surface area contributed by atoms with E-state index in [-0.39, 0.29) is 12.5 Å². The van der Waals surface area contributed by atoms with Crippen molar-refractivity contribution in [1.29, 1.82) is 0 Å². The molecule has 6 nitrogen and oxygen atoms in total. The van der Waals surface area contributed by atoms with Crippen LogP contribution in [0.15, 0.2) is 47.9 Å². The number of fused-ring (bicyclic) bond motifs is 2. The van der Waals surface area contributed by atoms with Crippen LogP contribution < -0.4 is 4.90 Å². The third-order valence-electron chi connectivity index (χ3n) is 7.34. The van der Waals surface area contributed by atoms with Gasteiger partial charge in [-0.2, -0.15) is 0 Å². The molecule has 7 heteroatoms. The summed E-state index contributed by atoms with van der Waals surface area (Å²) in [5.41, 5.74) is 7.50. The zero-order valence-electron chi connectivity index (χ0n) is 19.9. The summed E-state index contributed by atoms with van der Waals surface area (Å²) in [6.07, 6.45) is 7.87. The number of hydrogen-bond acceptors (Lipinski definition) is 5. The highest BCUT2D eigenvalue weighted by Crippen LogP contribution is 2.33. The zero-order valence-corrected chi connectivity index (χ0v) is 19.9. The molecule has 2 aromatic carbocycles. The first-order chi connectivity index (χ1) is 17.1. The molecule has 4 heterocycles. The van der Waals surface area contributed by atoms with Crippen LogP contribution in [-0.4, -0.2) is 52.8 Å². The Balaban J connectivity index is 1.34. The average molecular weight is 470 g/mol. The normalized spacial score (nSPS) is 19.7. The number of carbonyl (C=O) groups excluding carboxylic acids is 1. The highest BCUT2D eigenvalue weighted by atomic mass is 19.1. The molecule has 6 rings (SSSR count). The molecule has 1 amide bonds. The Bertz CT molecular complexity index is 1380. The number of rotatable bonds is 3. The number of aromatic nitrogens is 2. The number of aryl methyl sites for hydroxylation is 1. The number of hydrogen-bond donors (Lipinski definition) is 0. The van der Waals surface area contributed by atoms with Gasteiger partial charge in [-0.05, 0) is 84.7 Å². The van der Waals surface area contributed by atoms with Crippen molar-refractivity contribution < 1.29 is 9.18 Å². The smallest absolute Gasteiger partial charge is 0.253 e. The molecule has 0 N–H and O–H groups in total. The van der Waals surface area contributed by atoms with E-state index in [1.165, 1.54) is 16.7 Å². The molecule has 0 radical (unpaired) electrons. The van der Waals surface area contributed by atoms with Gasteiger partial charge in [0.1, 0.15) is 18.3 Å². The molecule has 0 bridgehead atoms. The fraction of sp³-hybridized carbons (Fsp3) is 0.357. The van der Waals surface area contributed by atoms with Crippen molar-refractivity contribution in [1.82, 2.24) is 14.9 Å². The van der Waals surface area contributed by atoms with E-state index in [0.29, 0.717) is 25.1 Å². The standard InChI is InChI=1S/C28H28FN5O/c1-18-11-22(21-3-2-8-30-14-21)13-25-26(18)31-17-32-27(25)33-9-6-19-4-5-20(12-23(19)15-33)28(35)34-10-7-24(29)16-34/h4-5,8,11-14,17,24H,2-3,6-7,9-10,15-16H2,1H3. The molecule has 3 aliphatic rings. The minimum absolute atomic E-state index is 0.0822. The van der Waals surface area contributed by atoms with E-state index in [2.05, 4.69) is 40.0 Å². The van der Waals surface area contributed by atoms with Crippen LogP contribution in [0.5, 0.6) is 0 Å². The maximum Gasteiger partial charge on any atom is 0.253 e. The zero-order chi connectivity index (χ0) is 23.9. The molecule has 178 valence electrons. The van der Waals surface area contributed by atoms with E-state index in [1.807, 2.05) is 24.5 Å². The number of allylic oxidation sites excluding steroid dienone is 1. The summed E-state index contributed by atoms with van der Waals surface area (Å²) in [4.78, 5) is 30.5. The Morgan fingerprint density at radius 2 is 2.00 bits per heavy atom. The second-order valence-corrected chi connectivity index (χ2v) is 9.70. The van der Waals surface area contributed by atoms with E-state index in [9.17, 15) is 9.18 Å². The van der Waals surface area contributed by atoms with Crippen molar-refractivity contribution in [2.75, 3.05) is 24.5 Å². The maximum absolute atomic E-state index is 13.6. The van der Waals surface area contributed by atoms with Crippen LogP contribution in [0, 0.1) is 6.92 Å². The summed E-state index contributed by atoms with van der Waals surface area (Å²) in [6, 6.07) is 10.3. The average Bonchev–Trinajstić information content (AvgIpc) is 3.34. The molecule has 35 heavy (non-hydrogen) atoms. The molecule has 1 aromatic heterocycles. The van der Waals surface area contributed by atoms with Crippen LogP contribution in [0.3, 0.4) is 0 Å². The molecule has 1 atom stereocenters. The van der Waals surface area contributed by atoms with Crippen molar-refractivity contribution in [2.45, 2.75) is 45.3 Å². The van der Waals surface area contributed by atoms with Crippen LogP contribution >= 0.6 is 0 Å². The number of aliphatic imine (C=N–C) groups is 1. The van der Waals surface area contributed by atoms with Gasteiger partial charge in [0.05, 0.1) is 12.1 Å². The number of nitrogens with zero attached hydrogens (tertiary/aromatic N) is 5. The van der Waals surface area contributed by atoms with Crippen LogP contribution in [-0.2, 0) is 13.0 Å². The molecule has 3 aliphatic heterocycles. The fourth-order valence-electron chi connectivity index (χ4n) is 5.45. The topological polar surface area (TPSA) is 61.7 Å². The number of likely N-dealkylation sites (tertiary alicyclic amines) is 1. The fourth-order valence-corrected chi connectivity index (χ4v) is 5.45. The lowest BCUT2D eigenvalue weighted by molar-refractivity contribution is 0.0782. The SMILES string of the molecule is Cc1cc(C2=CN=CCC2)cc2c(N3CCc4ccc(C(=O)N5CCC(F)C5)cc4C3)ncnc12. The molecular weight excluding hydrogens is 441 g/mol. The number of benzene rings is 2. The van der Waals surface area contributed by atoms with Gasteiger partial charge in [0.15, 0.2) is 0 Å². The van der Waals surface area contributed by atoms with E-state index < -0.39 is 6.17 Å². The predicted octanol–water partition coefficient (Wildman–Crippen LogP) is 4.89. The number of carbonyl (C=O) groups is 1. The van der Waals surface area contributed by atoms with Crippen molar-refractivity contribution in [3.63, 3.8) is 0 Å². The summed E-state index contributed by atoms with van der Waals surface area (Å²) in [6.45, 7) is 4.29. The minimum Gasteiger partial charge on any atom is -0.351 e. The minimum atomic E-state index is -0.914. The first kappa shape index (κ1) is 21.9. The van der Waals surface area contributed by atoms with Gasteiger partial charge in [0, 0.05) is 43.0 Å². The third kappa shape index (κ3) is 4.09. The molecule has 0 spiro atoms. The largest absolute Gasteiger partial charge is 0.351 e. The Hall–Kier alpha value is -3.61. The van der Waals surface area contributed by atoms with Gasteiger partial charge in [0.25, 0.3) is 5.91 Å². The van der Waals surface area contributed by atoms with Crippen LogP contribution in [0.25, 0.3) is 16.5 Å². The van der Waals surface area contributed by atoms with Crippen molar-refractivity contribution in [3.8, 4) is 0 Å². The molecule has 0 saturated carbocycles. The lowest BCUT2D eigenvalue weighted by Gasteiger charge is -2.31. The summed E-state index contributed by atoms with van der Waals surface area (Å²) in [5, 5.41) is 1.04. The monoisotopic (exact) mass is 469 g/mol. The summed E-state index contributed by atoms with van der Waals surface area (Å²) < 4.78 is 13.6. The maximum atomic E-state index is 13.6. The van der Waals surface area contributed by atoms with Crippen molar-refractivity contribution in [2.24, 2.45) is 4.99 Å². The Kier molecular flexibility index (Phi) is 5.55. The Labute approximate surface area is 204 Å². The Morgan fingerprint density at radius 3 is 2.80 bits per heavy atom. The van der Waals surface area contributed by atoms with Gasteiger partial charge >= 0.3 is 0 Å². The van der Waals surface area contributed by atoms with Gasteiger partial charge in [-0.25, -0.2) is 14.4 Å². The number of halogens is 1. The van der Waals surface area contributed by atoms with Gasteiger partial charge < -0.3 is 9.80 Å². The van der Waals surface area contributed by atoms with E-state index in [0.717, 1.165) is 53.7 Å². The first-order valence-corrected chi connectivity index (χ1v) is 12.3. The third-order valence-corrected chi connectivity index (χ3v) is 7.34. The first-order valence-electron chi connectivity index (χ1n) is 12.3. The lowest BCUT2D eigenvalue weighted by Crippen LogP contribution is -2.32. The van der Waals surface area contributed by atoms with E-state index in [4.69, 9.17) is 4.98 Å². The predicted molar refractivity (Wildman–Crippen MR) is 137 cm³/mol. The van der Waals surface area contributed by atoms with E-state index >= 15 is 0 Å². The van der Waals surface area contributed by atoms with Crippen molar-refractivity contribution >= 4 is 34.4 Å². The van der Waals surface area contributed by atoms with E-state index in [1.54, 1.807) is 11.2 Å². The van der Waals surface area contributed by atoms with Crippen molar-refractivity contribution in [3.05, 3.63) is 70.7 Å². The second kappa shape index (κ2) is 8.87. The van der Waals surface area contributed by atoms with Crippen LogP contribution in [0.4, 0.5) is 10.2 Å². The molecule has 1 fully saturated rings. The summed E-state index contributed by atoms with van der Waals surface area (Å²) in [5.74, 6) is 0.836. The Morgan fingerprint density at radius 1 is 1.09 bits per heavy atom. The molecule has 1 saturated heterocycles. The summed E-state index contributed by atoms with van der Waals surface area (Å²) in [7, 11) is 0. The molecule has 0 aliphatic carbocycles. The quantitative estimate of drug-likeness (QED) is 0.548. The summed E-state index contributed by atoms with van der Waals surface area (Å²) >= 11 is 0. The second-order valence-electron chi connectivity index (χ2n) is 9.70. The van der Waals surface area contributed by atoms with Gasteiger partial charge in [-0.1, -0.05) is 6.07 Å². The van der Waals surface area contributed by atoms with Crippen LogP contribution in [0.1, 0.15) is 51.9 Å². The van der Waals surface area contributed by atoms with Gasteiger partial charge in [-0.3, -0.25) is 9.79 Å². The number of alkyl halides is 1. The molecule has 3 aromatic rings. The lowest BCUT2D eigenvalue weighted by atomic mass is 9.95. The van der Waals surface area contributed by atoms with Gasteiger partial charge in [0.2, 0.25) is 0 Å². The highest BCUT2D eigenvalue weighted by molar-refractivity contribution is 5.96. The number of amides is 1. The highest BCUT2D eigenvalue weighted by Gasteiger charge is 2.28.